The topological polar surface area (TPSA) is 91.1 Å². The van der Waals surface area contributed by atoms with Crippen molar-refractivity contribution in [1.82, 2.24) is 4.90 Å². The molecule has 0 aliphatic carbocycles. The van der Waals surface area contributed by atoms with Crippen LogP contribution in [0.1, 0.15) is 21.5 Å². The number of hydrogen-bond donors (Lipinski definition) is 0. The second kappa shape index (κ2) is 7.41. The van der Waals surface area contributed by atoms with E-state index in [1.807, 2.05) is 0 Å². The summed E-state index contributed by atoms with van der Waals surface area (Å²) < 4.78 is 16.8. The van der Waals surface area contributed by atoms with Crippen LogP contribution in [0.4, 0.5) is 5.69 Å². The maximum absolute atomic E-state index is 12.7. The van der Waals surface area contributed by atoms with Crippen molar-refractivity contribution < 1.29 is 23.9 Å². The molecule has 0 N–H and O–H groups in total. The molecule has 2 aliphatic rings. The first-order chi connectivity index (χ1) is 13.6. The largest absolute Gasteiger partial charge is 0.478 e. The van der Waals surface area contributed by atoms with E-state index in [0.29, 0.717) is 49.1 Å². The van der Waals surface area contributed by atoms with E-state index in [0.717, 1.165) is 5.56 Å². The minimum Gasteiger partial charge on any atom is -0.478 e. The van der Waals surface area contributed by atoms with Crippen LogP contribution in [0.15, 0.2) is 42.2 Å². The van der Waals surface area contributed by atoms with E-state index in [4.69, 9.17) is 14.2 Å². The van der Waals surface area contributed by atoms with E-state index in [-0.39, 0.29) is 17.2 Å². The van der Waals surface area contributed by atoms with E-state index in [1.54, 1.807) is 37.5 Å². The van der Waals surface area contributed by atoms with E-state index in [2.05, 4.69) is 4.90 Å². The summed E-state index contributed by atoms with van der Waals surface area (Å²) >= 11 is 0. The first-order valence-electron chi connectivity index (χ1n) is 8.75. The van der Waals surface area contributed by atoms with E-state index in [9.17, 15) is 14.9 Å². The van der Waals surface area contributed by atoms with Crippen molar-refractivity contribution in [1.29, 1.82) is 0 Å². The number of Topliss-reactive ketones (excluding diaryl/α,β-unsaturated/α-hetero) is 1. The van der Waals surface area contributed by atoms with E-state index >= 15 is 0 Å². The fourth-order valence-electron chi connectivity index (χ4n) is 3.21. The lowest BCUT2D eigenvalue weighted by Crippen LogP contribution is -2.34. The Hall–Kier alpha value is -3.23. The molecule has 4 rings (SSSR count). The molecule has 0 saturated heterocycles. The number of carbonyl (C=O) groups is 1. The molecule has 2 heterocycles. The lowest BCUT2D eigenvalue weighted by Gasteiger charge is -2.29. The van der Waals surface area contributed by atoms with Gasteiger partial charge in [0.15, 0.2) is 5.76 Å². The number of nitro benzene ring substituents is 1. The molecule has 0 atom stereocenters. The lowest BCUT2D eigenvalue weighted by molar-refractivity contribution is -0.384. The van der Waals surface area contributed by atoms with Crippen LogP contribution in [0.5, 0.6) is 11.5 Å². The van der Waals surface area contributed by atoms with Gasteiger partial charge in [0.25, 0.3) is 5.69 Å². The van der Waals surface area contributed by atoms with Gasteiger partial charge in [0.2, 0.25) is 5.78 Å². The number of fused-ring (bicyclic) bond motifs is 3. The standard InChI is InChI=1S/C20H18N2O6/c1-26-9-8-21-11-16-17(27-12-21)7-6-15-19(23)18(28-20(15)16)10-13-2-4-14(5-3-13)22(24)25/h2-7,10H,8-9,11-12H2,1H3/b18-10-. The summed E-state index contributed by atoms with van der Waals surface area (Å²) in [4.78, 5) is 25.1. The SMILES string of the molecule is COCCN1COc2ccc3c(c2C1)O/C(=C\c1ccc([N+](=O)[O-])cc1)C3=O. The van der Waals surface area contributed by atoms with Gasteiger partial charge in [0.1, 0.15) is 18.2 Å². The van der Waals surface area contributed by atoms with Gasteiger partial charge in [-0.25, -0.2) is 0 Å². The number of allylic oxidation sites excluding steroid dienone is 1. The molecule has 0 aromatic heterocycles. The van der Waals surface area contributed by atoms with Crippen molar-refractivity contribution in [2.24, 2.45) is 0 Å². The molecule has 144 valence electrons. The van der Waals surface area contributed by atoms with E-state index in [1.165, 1.54) is 12.1 Å². The van der Waals surface area contributed by atoms with Crippen LogP contribution in [0.25, 0.3) is 6.08 Å². The fourth-order valence-corrected chi connectivity index (χ4v) is 3.21. The molecule has 2 aliphatic heterocycles. The Morgan fingerprint density at radius 1 is 1.25 bits per heavy atom. The van der Waals surface area contributed by atoms with Crippen LogP contribution in [0.3, 0.4) is 0 Å². The maximum atomic E-state index is 12.7. The highest BCUT2D eigenvalue weighted by Crippen LogP contribution is 2.42. The summed E-state index contributed by atoms with van der Waals surface area (Å²) in [6.07, 6.45) is 1.59. The predicted octanol–water partition coefficient (Wildman–Crippen LogP) is 3.01. The first-order valence-corrected chi connectivity index (χ1v) is 8.75. The van der Waals surface area contributed by atoms with Crippen LogP contribution in [-0.4, -0.2) is 42.6 Å². The van der Waals surface area contributed by atoms with Crippen molar-refractivity contribution in [3.8, 4) is 11.5 Å². The Morgan fingerprint density at radius 3 is 2.75 bits per heavy atom. The lowest BCUT2D eigenvalue weighted by atomic mass is 10.0. The second-order valence-electron chi connectivity index (χ2n) is 6.53. The average molecular weight is 382 g/mol. The van der Waals surface area contributed by atoms with E-state index < -0.39 is 4.92 Å². The Bertz CT molecular complexity index is 967. The zero-order valence-electron chi connectivity index (χ0n) is 15.2. The third-order valence-corrected chi connectivity index (χ3v) is 4.70. The van der Waals surface area contributed by atoms with Crippen molar-refractivity contribution in [3.63, 3.8) is 0 Å². The Kier molecular flexibility index (Phi) is 4.81. The summed E-state index contributed by atoms with van der Waals surface area (Å²) in [7, 11) is 1.65. The smallest absolute Gasteiger partial charge is 0.269 e. The van der Waals surface area contributed by atoms with Gasteiger partial charge >= 0.3 is 0 Å². The number of non-ortho nitro benzene ring substituents is 1. The highest BCUT2D eigenvalue weighted by atomic mass is 16.6. The molecule has 0 radical (unpaired) electrons. The zero-order valence-corrected chi connectivity index (χ0v) is 15.2. The average Bonchev–Trinajstić information content (AvgIpc) is 3.02. The molecular weight excluding hydrogens is 364 g/mol. The molecule has 8 nitrogen and oxygen atoms in total. The van der Waals surface area contributed by atoms with Crippen LogP contribution in [-0.2, 0) is 11.3 Å². The van der Waals surface area contributed by atoms with Crippen molar-refractivity contribution >= 4 is 17.5 Å². The molecule has 0 fully saturated rings. The maximum Gasteiger partial charge on any atom is 0.269 e. The van der Waals surface area contributed by atoms with Crippen molar-refractivity contribution in [2.45, 2.75) is 6.54 Å². The third-order valence-electron chi connectivity index (χ3n) is 4.70. The van der Waals surface area contributed by atoms with Crippen molar-refractivity contribution in [2.75, 3.05) is 27.0 Å². The zero-order chi connectivity index (χ0) is 19.7. The summed E-state index contributed by atoms with van der Waals surface area (Å²) in [5, 5.41) is 10.8. The first kappa shape index (κ1) is 18.1. The van der Waals surface area contributed by atoms with Gasteiger partial charge < -0.3 is 14.2 Å². The molecule has 0 bridgehead atoms. The quantitative estimate of drug-likeness (QED) is 0.446. The number of benzene rings is 2. The monoisotopic (exact) mass is 382 g/mol. The van der Waals surface area contributed by atoms with Gasteiger partial charge in [-0.15, -0.1) is 0 Å². The molecule has 28 heavy (non-hydrogen) atoms. The second-order valence-corrected chi connectivity index (χ2v) is 6.53. The molecule has 2 aromatic rings. The minimum atomic E-state index is -0.467. The summed E-state index contributed by atoms with van der Waals surface area (Å²) in [6, 6.07) is 9.44. The van der Waals surface area contributed by atoms with Crippen LogP contribution >= 0.6 is 0 Å². The van der Waals surface area contributed by atoms with Gasteiger partial charge in [-0.3, -0.25) is 19.8 Å². The van der Waals surface area contributed by atoms with Gasteiger partial charge in [-0.1, -0.05) is 0 Å². The number of nitrogens with zero attached hydrogens (tertiary/aromatic N) is 2. The number of carbonyl (C=O) groups excluding carboxylic acids is 1. The normalized spacial score (nSPS) is 17.0. The Morgan fingerprint density at radius 2 is 2.04 bits per heavy atom. The Balaban J connectivity index is 1.61. The molecule has 0 saturated carbocycles. The molecule has 0 amide bonds. The predicted molar refractivity (Wildman–Crippen MR) is 100 cm³/mol. The molecule has 8 heteroatoms. The molecule has 0 unspecified atom stereocenters. The highest BCUT2D eigenvalue weighted by Gasteiger charge is 2.33. The molecular formula is C20H18N2O6. The minimum absolute atomic E-state index is 0.00790. The summed E-state index contributed by atoms with van der Waals surface area (Å²) in [6.45, 7) is 2.34. The Labute approximate surface area is 161 Å². The number of methoxy groups -OCH3 is 1. The van der Waals surface area contributed by atoms with Gasteiger partial charge in [-0.2, -0.15) is 0 Å². The highest BCUT2D eigenvalue weighted by molar-refractivity contribution is 6.15. The number of ether oxygens (including phenoxy) is 3. The number of ketones is 1. The van der Waals surface area contributed by atoms with Crippen molar-refractivity contribution in [3.05, 3.63) is 69.0 Å². The van der Waals surface area contributed by atoms with Gasteiger partial charge in [0, 0.05) is 32.3 Å². The number of nitro groups is 1. The van der Waals surface area contributed by atoms with Crippen LogP contribution in [0, 0.1) is 10.1 Å². The number of rotatable bonds is 5. The van der Waals surface area contributed by atoms with Gasteiger partial charge in [-0.05, 0) is 35.9 Å². The third kappa shape index (κ3) is 3.35. The van der Waals surface area contributed by atoms with Gasteiger partial charge in [0.05, 0.1) is 22.7 Å². The molecule has 2 aromatic carbocycles. The van der Waals surface area contributed by atoms with Crippen LogP contribution in [0.2, 0.25) is 0 Å². The fraction of sp³-hybridized carbons (Fsp3) is 0.250. The molecule has 0 spiro atoms. The number of hydrogen-bond acceptors (Lipinski definition) is 7. The summed E-state index contributed by atoms with van der Waals surface area (Å²) in [5.41, 5.74) is 1.96. The summed E-state index contributed by atoms with van der Waals surface area (Å²) in [5.74, 6) is 1.19. The van der Waals surface area contributed by atoms with Crippen LogP contribution < -0.4 is 9.47 Å².